The highest BCUT2D eigenvalue weighted by Gasteiger charge is 2.46. The molecule has 3 heterocycles. The Morgan fingerprint density at radius 1 is 1.03 bits per heavy atom. The van der Waals surface area contributed by atoms with E-state index in [1.165, 1.54) is 0 Å². The molecule has 3 fully saturated rings. The Hall–Kier alpha value is -2.82. The van der Waals surface area contributed by atoms with Crippen LogP contribution in [0.25, 0.3) is 0 Å². The van der Waals surface area contributed by atoms with E-state index in [1.54, 1.807) is 18.2 Å². The first-order chi connectivity index (χ1) is 16.9. The van der Waals surface area contributed by atoms with Gasteiger partial charge < -0.3 is 20.2 Å². The van der Waals surface area contributed by atoms with Crippen molar-refractivity contribution in [2.24, 2.45) is 5.41 Å². The number of fused-ring (bicyclic) bond motifs is 1. The molecule has 1 aromatic carbocycles. The second-order valence-corrected chi connectivity index (χ2v) is 10.2. The van der Waals surface area contributed by atoms with Gasteiger partial charge in [-0.15, -0.1) is 0 Å². The molecule has 0 radical (unpaired) electrons. The maximum Gasteiger partial charge on any atom is 0.264 e. The molecule has 3 aliphatic heterocycles. The Bertz CT molecular complexity index is 1030. The number of rotatable bonds is 9. The summed E-state index contributed by atoms with van der Waals surface area (Å²) in [4.78, 5) is 55.8. The molecule has 35 heavy (non-hydrogen) atoms. The van der Waals surface area contributed by atoms with Crippen LogP contribution in [0.3, 0.4) is 0 Å². The van der Waals surface area contributed by atoms with Gasteiger partial charge in [-0.2, -0.15) is 0 Å². The van der Waals surface area contributed by atoms with Crippen LogP contribution in [0.15, 0.2) is 18.2 Å². The van der Waals surface area contributed by atoms with E-state index in [4.69, 9.17) is 0 Å². The van der Waals surface area contributed by atoms with Gasteiger partial charge >= 0.3 is 0 Å². The Kier molecular flexibility index (Phi) is 6.61. The minimum Gasteiger partial charge on any atom is -0.396 e. The lowest BCUT2D eigenvalue weighted by molar-refractivity contribution is -0.136. The van der Waals surface area contributed by atoms with E-state index in [-0.39, 0.29) is 29.7 Å². The summed E-state index contributed by atoms with van der Waals surface area (Å²) in [5.41, 5.74) is 1.35. The van der Waals surface area contributed by atoms with Gasteiger partial charge in [0.25, 0.3) is 11.8 Å². The number of nitrogens with zero attached hydrogens (tertiary/aromatic N) is 3. The fourth-order valence-electron chi connectivity index (χ4n) is 5.38. The Morgan fingerprint density at radius 3 is 2.46 bits per heavy atom. The van der Waals surface area contributed by atoms with Crippen LogP contribution in [-0.4, -0.2) is 102 Å². The van der Waals surface area contributed by atoms with Gasteiger partial charge in [0.1, 0.15) is 6.04 Å². The van der Waals surface area contributed by atoms with Gasteiger partial charge in [-0.3, -0.25) is 29.4 Å². The lowest BCUT2D eigenvalue weighted by atomic mass is 10.0. The zero-order chi connectivity index (χ0) is 24.6. The van der Waals surface area contributed by atoms with E-state index in [0.29, 0.717) is 24.4 Å². The largest absolute Gasteiger partial charge is 0.396 e. The van der Waals surface area contributed by atoms with Crippen LogP contribution in [0.1, 0.15) is 52.8 Å². The first-order valence-electron chi connectivity index (χ1n) is 12.5. The fourth-order valence-corrected chi connectivity index (χ4v) is 5.38. The van der Waals surface area contributed by atoms with Gasteiger partial charge in [-0.1, -0.05) is 6.07 Å². The average molecular weight is 484 g/mol. The van der Waals surface area contributed by atoms with Crippen molar-refractivity contribution in [1.82, 2.24) is 20.0 Å². The van der Waals surface area contributed by atoms with E-state index < -0.39 is 23.8 Å². The maximum atomic E-state index is 13.2. The van der Waals surface area contributed by atoms with Crippen LogP contribution < -0.4 is 10.6 Å². The summed E-state index contributed by atoms with van der Waals surface area (Å²) in [5.74, 6) is -1.97. The standard InChI is InChI=1S/C25H33N5O5/c31-16-25(7-8-25)15-29-13-11-28(12-14-29)10-2-9-26-18-4-1-3-17-21(18)24(35)30(23(17)34)19-5-6-20(32)27-22(19)33/h1,3-4,19,26,31H,2,5-16H2,(H,27,32,33). The van der Waals surface area contributed by atoms with Crippen LogP contribution in [-0.2, 0) is 9.59 Å². The summed E-state index contributed by atoms with van der Waals surface area (Å²) in [5, 5.41) is 15.1. The van der Waals surface area contributed by atoms with Crippen LogP contribution in [0.2, 0.25) is 0 Å². The predicted octanol–water partition coefficient (Wildman–Crippen LogP) is 0.280. The van der Waals surface area contributed by atoms with Crippen molar-refractivity contribution in [3.05, 3.63) is 29.3 Å². The highest BCUT2D eigenvalue weighted by Crippen LogP contribution is 2.45. The number of hydrogen-bond acceptors (Lipinski definition) is 8. The first-order valence-corrected chi connectivity index (χ1v) is 12.5. The summed E-state index contributed by atoms with van der Waals surface area (Å²) in [6.07, 6.45) is 3.41. The number of aliphatic hydroxyl groups is 1. The zero-order valence-corrected chi connectivity index (χ0v) is 19.9. The van der Waals surface area contributed by atoms with Crippen LogP contribution in [0.4, 0.5) is 5.69 Å². The molecular formula is C25H33N5O5. The van der Waals surface area contributed by atoms with E-state index >= 15 is 0 Å². The quantitative estimate of drug-likeness (QED) is 0.338. The second kappa shape index (κ2) is 9.67. The second-order valence-electron chi connectivity index (χ2n) is 10.2. The third kappa shape index (κ3) is 4.82. The molecule has 4 aliphatic rings. The number of amides is 4. The van der Waals surface area contributed by atoms with Crippen molar-refractivity contribution in [3.8, 4) is 0 Å². The number of nitrogens with one attached hydrogen (secondary N) is 2. The van der Waals surface area contributed by atoms with Crippen molar-refractivity contribution in [2.45, 2.75) is 38.1 Å². The number of anilines is 1. The fraction of sp³-hybridized carbons (Fsp3) is 0.600. The van der Waals surface area contributed by atoms with Gasteiger partial charge in [0.2, 0.25) is 11.8 Å². The lowest BCUT2D eigenvalue weighted by Gasteiger charge is -2.36. The van der Waals surface area contributed by atoms with E-state index in [1.807, 2.05) is 0 Å². The number of hydrogen-bond donors (Lipinski definition) is 3. The molecule has 1 atom stereocenters. The van der Waals surface area contributed by atoms with Gasteiger partial charge in [0.05, 0.1) is 11.1 Å². The third-order valence-electron chi connectivity index (χ3n) is 7.75. The maximum absolute atomic E-state index is 13.2. The van der Waals surface area contributed by atoms with E-state index in [9.17, 15) is 24.3 Å². The van der Waals surface area contributed by atoms with E-state index in [2.05, 4.69) is 20.4 Å². The molecule has 0 bridgehead atoms. The summed E-state index contributed by atoms with van der Waals surface area (Å²) in [6.45, 7) is 6.96. The van der Waals surface area contributed by atoms with Crippen LogP contribution in [0, 0.1) is 5.41 Å². The summed E-state index contributed by atoms with van der Waals surface area (Å²) in [6, 6.07) is 4.16. The topological polar surface area (TPSA) is 122 Å². The number of aliphatic hydroxyl groups excluding tert-OH is 1. The number of piperazine rings is 1. The molecular weight excluding hydrogens is 450 g/mol. The molecule has 188 valence electrons. The number of benzene rings is 1. The Labute approximate surface area is 204 Å². The molecule has 0 spiro atoms. The molecule has 1 unspecified atom stereocenters. The minimum absolute atomic E-state index is 0.103. The van der Waals surface area contributed by atoms with Gasteiger partial charge in [-0.25, -0.2) is 0 Å². The van der Waals surface area contributed by atoms with Crippen molar-refractivity contribution in [2.75, 3.05) is 57.7 Å². The van der Waals surface area contributed by atoms with Crippen LogP contribution >= 0.6 is 0 Å². The molecule has 1 aliphatic carbocycles. The molecule has 10 heteroatoms. The molecule has 5 rings (SSSR count). The zero-order valence-electron chi connectivity index (χ0n) is 19.9. The van der Waals surface area contributed by atoms with Gasteiger partial charge in [0, 0.05) is 63.4 Å². The van der Waals surface area contributed by atoms with Crippen molar-refractivity contribution in [1.29, 1.82) is 0 Å². The summed E-state index contributed by atoms with van der Waals surface area (Å²) >= 11 is 0. The normalized spacial score (nSPS) is 24.5. The summed E-state index contributed by atoms with van der Waals surface area (Å²) in [7, 11) is 0. The Morgan fingerprint density at radius 2 is 1.77 bits per heavy atom. The number of imide groups is 2. The monoisotopic (exact) mass is 483 g/mol. The molecule has 4 amide bonds. The molecule has 0 aromatic heterocycles. The minimum atomic E-state index is -0.959. The lowest BCUT2D eigenvalue weighted by Crippen LogP contribution is -2.54. The first kappa shape index (κ1) is 23.9. The highest BCUT2D eigenvalue weighted by atomic mass is 16.3. The number of carbonyl (C=O) groups excluding carboxylic acids is 4. The van der Waals surface area contributed by atoms with E-state index in [0.717, 1.165) is 63.4 Å². The predicted molar refractivity (Wildman–Crippen MR) is 128 cm³/mol. The Balaban J connectivity index is 1.12. The number of piperidine rings is 1. The molecule has 2 saturated heterocycles. The molecule has 1 saturated carbocycles. The third-order valence-corrected chi connectivity index (χ3v) is 7.75. The SMILES string of the molecule is O=C1CCC(N2C(=O)c3cccc(NCCCN4CCN(CC5(CO)CC5)CC4)c3C2=O)C(=O)N1. The average Bonchev–Trinajstić information content (AvgIpc) is 3.58. The molecule has 3 N–H and O–H groups in total. The number of carbonyl (C=O) groups is 4. The highest BCUT2D eigenvalue weighted by molar-refractivity contribution is 6.25. The van der Waals surface area contributed by atoms with Gasteiger partial charge in [-0.05, 0) is 44.4 Å². The van der Waals surface area contributed by atoms with Crippen molar-refractivity contribution in [3.63, 3.8) is 0 Å². The molecule has 1 aromatic rings. The van der Waals surface area contributed by atoms with Crippen molar-refractivity contribution < 1.29 is 24.3 Å². The molecule has 10 nitrogen and oxygen atoms in total. The summed E-state index contributed by atoms with van der Waals surface area (Å²) < 4.78 is 0. The van der Waals surface area contributed by atoms with Crippen LogP contribution in [0.5, 0.6) is 0 Å². The van der Waals surface area contributed by atoms with Crippen molar-refractivity contribution >= 4 is 29.3 Å². The van der Waals surface area contributed by atoms with Gasteiger partial charge in [0.15, 0.2) is 0 Å². The smallest absolute Gasteiger partial charge is 0.264 e.